The van der Waals surface area contributed by atoms with Crippen molar-refractivity contribution in [3.63, 3.8) is 0 Å². The molecule has 0 aliphatic carbocycles. The van der Waals surface area contributed by atoms with Gasteiger partial charge in [0.1, 0.15) is 11.5 Å². The highest BCUT2D eigenvalue weighted by Gasteiger charge is 2.22. The van der Waals surface area contributed by atoms with Crippen molar-refractivity contribution in [2.75, 3.05) is 13.1 Å². The summed E-state index contributed by atoms with van der Waals surface area (Å²) in [5.41, 5.74) is 1.87. The summed E-state index contributed by atoms with van der Waals surface area (Å²) in [5, 5.41) is 16.5. The number of hydrogen-bond donors (Lipinski definition) is 2. The number of carbonyl (C=O) groups excluding carboxylic acids is 1. The van der Waals surface area contributed by atoms with Gasteiger partial charge < -0.3 is 14.9 Å². The minimum absolute atomic E-state index is 0.0321. The molecule has 1 aliphatic heterocycles. The fourth-order valence-corrected chi connectivity index (χ4v) is 3.17. The summed E-state index contributed by atoms with van der Waals surface area (Å²) >= 11 is 0. The fourth-order valence-electron chi connectivity index (χ4n) is 3.17. The summed E-state index contributed by atoms with van der Waals surface area (Å²) in [6.07, 6.45) is 2.26. The Hall–Kier alpha value is -2.34. The van der Waals surface area contributed by atoms with Gasteiger partial charge in [-0.2, -0.15) is 0 Å². The van der Waals surface area contributed by atoms with Crippen LogP contribution in [0.2, 0.25) is 0 Å². The maximum Gasteiger partial charge on any atom is 0.227 e. The van der Waals surface area contributed by atoms with Crippen LogP contribution in [0.25, 0.3) is 0 Å². The van der Waals surface area contributed by atoms with E-state index in [4.69, 9.17) is 4.52 Å². The van der Waals surface area contributed by atoms with Crippen LogP contribution in [-0.2, 0) is 17.8 Å². The number of phenolic OH excluding ortho intramolecular Hbond substituents is 1. The molecule has 2 aromatic rings. The third kappa shape index (κ3) is 4.58. The SMILES string of the molecule is Cc1cc(CC(=O)NC2CCCN(Cc3cccc(O)c3)C2)on1. The Bertz CT molecular complexity index is 698. The average Bonchev–Trinajstić information content (AvgIpc) is 2.92. The highest BCUT2D eigenvalue weighted by Crippen LogP contribution is 2.17. The van der Waals surface area contributed by atoms with E-state index in [0.717, 1.165) is 43.7 Å². The van der Waals surface area contributed by atoms with E-state index in [9.17, 15) is 9.90 Å². The third-order valence-electron chi connectivity index (χ3n) is 4.20. The van der Waals surface area contributed by atoms with Gasteiger partial charge in [-0.1, -0.05) is 17.3 Å². The van der Waals surface area contributed by atoms with Gasteiger partial charge in [-0.15, -0.1) is 0 Å². The molecule has 0 spiro atoms. The zero-order chi connectivity index (χ0) is 16.9. The number of piperidine rings is 1. The van der Waals surface area contributed by atoms with Gasteiger partial charge in [0.25, 0.3) is 0 Å². The number of hydrogen-bond acceptors (Lipinski definition) is 5. The maximum atomic E-state index is 12.1. The van der Waals surface area contributed by atoms with E-state index in [1.54, 1.807) is 18.2 Å². The molecule has 6 heteroatoms. The number of phenols is 1. The number of nitrogens with zero attached hydrogens (tertiary/aromatic N) is 2. The molecule has 24 heavy (non-hydrogen) atoms. The quantitative estimate of drug-likeness (QED) is 0.877. The lowest BCUT2D eigenvalue weighted by Crippen LogP contribution is -2.47. The van der Waals surface area contributed by atoms with Gasteiger partial charge in [0.15, 0.2) is 0 Å². The van der Waals surface area contributed by atoms with Crippen LogP contribution in [0, 0.1) is 6.92 Å². The monoisotopic (exact) mass is 329 g/mol. The normalized spacial score (nSPS) is 18.5. The van der Waals surface area contributed by atoms with Gasteiger partial charge in [-0.05, 0) is 44.0 Å². The summed E-state index contributed by atoms with van der Waals surface area (Å²) in [5.74, 6) is 0.851. The zero-order valence-corrected chi connectivity index (χ0v) is 13.9. The molecule has 3 rings (SSSR count). The van der Waals surface area contributed by atoms with Crippen LogP contribution < -0.4 is 5.32 Å². The second-order valence-corrected chi connectivity index (χ2v) is 6.42. The number of aromatic nitrogens is 1. The number of aromatic hydroxyl groups is 1. The van der Waals surface area contributed by atoms with Crippen molar-refractivity contribution in [1.29, 1.82) is 0 Å². The van der Waals surface area contributed by atoms with Crippen LogP contribution in [0.5, 0.6) is 5.75 Å². The predicted molar refractivity (Wildman–Crippen MR) is 89.5 cm³/mol. The molecule has 1 aromatic carbocycles. The van der Waals surface area contributed by atoms with E-state index >= 15 is 0 Å². The van der Waals surface area contributed by atoms with Gasteiger partial charge >= 0.3 is 0 Å². The molecule has 0 radical (unpaired) electrons. The summed E-state index contributed by atoms with van der Waals surface area (Å²) in [6, 6.07) is 9.26. The number of carbonyl (C=O) groups is 1. The third-order valence-corrected chi connectivity index (χ3v) is 4.20. The summed E-state index contributed by atoms with van der Waals surface area (Å²) in [7, 11) is 0. The van der Waals surface area contributed by atoms with Crippen molar-refractivity contribution in [2.24, 2.45) is 0 Å². The lowest BCUT2D eigenvalue weighted by Gasteiger charge is -2.33. The highest BCUT2D eigenvalue weighted by atomic mass is 16.5. The first kappa shape index (κ1) is 16.5. The molecule has 1 unspecified atom stereocenters. The van der Waals surface area contributed by atoms with E-state index in [-0.39, 0.29) is 24.1 Å². The maximum absolute atomic E-state index is 12.1. The van der Waals surface area contributed by atoms with Crippen molar-refractivity contribution in [2.45, 2.75) is 38.8 Å². The van der Waals surface area contributed by atoms with Gasteiger partial charge in [0.2, 0.25) is 5.91 Å². The lowest BCUT2D eigenvalue weighted by molar-refractivity contribution is -0.121. The van der Waals surface area contributed by atoms with Gasteiger partial charge in [-0.25, -0.2) is 0 Å². The first-order valence-corrected chi connectivity index (χ1v) is 8.30. The average molecular weight is 329 g/mol. The first-order valence-electron chi connectivity index (χ1n) is 8.30. The smallest absolute Gasteiger partial charge is 0.227 e. The van der Waals surface area contributed by atoms with E-state index in [1.807, 2.05) is 19.1 Å². The molecule has 1 amide bonds. The van der Waals surface area contributed by atoms with Crippen LogP contribution in [0.15, 0.2) is 34.9 Å². The Kier molecular flexibility index (Phi) is 5.15. The van der Waals surface area contributed by atoms with Crippen LogP contribution >= 0.6 is 0 Å². The van der Waals surface area contributed by atoms with Gasteiger partial charge in [0.05, 0.1) is 12.1 Å². The number of aryl methyl sites for hydroxylation is 1. The molecule has 1 aliphatic rings. The van der Waals surface area contributed by atoms with Crippen LogP contribution in [0.1, 0.15) is 29.9 Å². The topological polar surface area (TPSA) is 78.6 Å². The van der Waals surface area contributed by atoms with Gasteiger partial charge in [-0.3, -0.25) is 9.69 Å². The Morgan fingerprint density at radius 2 is 2.33 bits per heavy atom. The summed E-state index contributed by atoms with van der Waals surface area (Å²) in [6.45, 7) is 4.44. The molecule has 1 saturated heterocycles. The van der Waals surface area contributed by atoms with E-state index in [0.29, 0.717) is 5.76 Å². The second-order valence-electron chi connectivity index (χ2n) is 6.42. The van der Waals surface area contributed by atoms with E-state index < -0.39 is 0 Å². The molecule has 0 bridgehead atoms. The predicted octanol–water partition coefficient (Wildman–Crippen LogP) is 2.01. The fraction of sp³-hybridized carbons (Fsp3) is 0.444. The van der Waals surface area contributed by atoms with Crippen molar-refractivity contribution in [1.82, 2.24) is 15.4 Å². The molecule has 6 nitrogen and oxygen atoms in total. The van der Waals surface area contributed by atoms with Crippen molar-refractivity contribution in [3.05, 3.63) is 47.3 Å². The Balaban J connectivity index is 1.50. The molecular weight excluding hydrogens is 306 g/mol. The van der Waals surface area contributed by atoms with Crippen LogP contribution in [-0.4, -0.2) is 40.2 Å². The number of rotatable bonds is 5. The standard InChI is InChI=1S/C18H23N3O3/c1-13-8-17(24-20-13)10-18(23)19-15-5-3-7-21(12-15)11-14-4-2-6-16(22)9-14/h2,4,6,8-9,15,22H,3,5,7,10-12H2,1H3,(H,19,23). The van der Waals surface area contributed by atoms with E-state index in [1.165, 1.54) is 0 Å². The first-order chi connectivity index (χ1) is 11.6. The second kappa shape index (κ2) is 7.49. The molecule has 1 aromatic heterocycles. The minimum Gasteiger partial charge on any atom is -0.508 e. The number of benzene rings is 1. The highest BCUT2D eigenvalue weighted by molar-refractivity contribution is 5.78. The van der Waals surface area contributed by atoms with Crippen molar-refractivity contribution < 1.29 is 14.4 Å². The van der Waals surface area contributed by atoms with Crippen LogP contribution in [0.4, 0.5) is 0 Å². The molecule has 1 fully saturated rings. The lowest BCUT2D eigenvalue weighted by atomic mass is 10.0. The molecule has 128 valence electrons. The Labute approximate surface area is 141 Å². The summed E-state index contributed by atoms with van der Waals surface area (Å²) < 4.78 is 5.09. The Morgan fingerprint density at radius 1 is 1.46 bits per heavy atom. The molecule has 2 N–H and O–H groups in total. The van der Waals surface area contributed by atoms with Crippen molar-refractivity contribution in [3.8, 4) is 5.75 Å². The number of amides is 1. The molecule has 0 saturated carbocycles. The number of nitrogens with one attached hydrogen (secondary N) is 1. The van der Waals surface area contributed by atoms with Crippen LogP contribution in [0.3, 0.4) is 0 Å². The van der Waals surface area contributed by atoms with Gasteiger partial charge in [0, 0.05) is 25.2 Å². The Morgan fingerprint density at radius 3 is 3.08 bits per heavy atom. The largest absolute Gasteiger partial charge is 0.508 e. The minimum atomic E-state index is -0.0321. The molecular formula is C18H23N3O3. The summed E-state index contributed by atoms with van der Waals surface area (Å²) in [4.78, 5) is 14.5. The zero-order valence-electron chi connectivity index (χ0n) is 13.9. The molecule has 2 heterocycles. The molecule has 1 atom stereocenters. The van der Waals surface area contributed by atoms with Crippen molar-refractivity contribution >= 4 is 5.91 Å². The van der Waals surface area contributed by atoms with E-state index in [2.05, 4.69) is 15.4 Å². The number of likely N-dealkylation sites (tertiary alicyclic amines) is 1.